The molecule has 3 aromatic rings. The van der Waals surface area contributed by atoms with Gasteiger partial charge in [0.05, 0.1) is 7.11 Å². The van der Waals surface area contributed by atoms with E-state index in [1.54, 1.807) is 31.4 Å². The first-order valence-electron chi connectivity index (χ1n) is 7.86. The lowest BCUT2D eigenvalue weighted by Gasteiger charge is -2.07. The summed E-state index contributed by atoms with van der Waals surface area (Å²) < 4.78 is 11.2. The summed E-state index contributed by atoms with van der Waals surface area (Å²) >= 11 is 3.40. The Morgan fingerprint density at radius 3 is 2.69 bits per heavy atom. The van der Waals surface area contributed by atoms with Crippen LogP contribution in [0.2, 0.25) is 0 Å². The number of aromatic nitrogens is 1. The molecule has 0 fully saturated rings. The molecule has 0 bridgehead atoms. The number of halogens is 1. The maximum Gasteiger partial charge on any atom is 0.355 e. The van der Waals surface area contributed by atoms with Crippen LogP contribution in [-0.4, -0.2) is 30.6 Å². The van der Waals surface area contributed by atoms with Gasteiger partial charge in [-0.2, -0.15) is 0 Å². The number of nitrogens with one attached hydrogen (secondary N) is 2. The van der Waals surface area contributed by atoms with Crippen LogP contribution in [0.25, 0.3) is 10.9 Å². The van der Waals surface area contributed by atoms with Gasteiger partial charge in [0.25, 0.3) is 5.91 Å². The molecule has 7 heteroatoms. The smallest absolute Gasteiger partial charge is 0.355 e. The second-order valence-corrected chi connectivity index (χ2v) is 6.58. The third kappa shape index (κ3) is 4.05. The summed E-state index contributed by atoms with van der Waals surface area (Å²) in [4.78, 5) is 27.1. The fraction of sp³-hybridized carbons (Fsp3) is 0.158. The van der Waals surface area contributed by atoms with Crippen molar-refractivity contribution in [1.29, 1.82) is 0 Å². The molecule has 1 amide bonds. The lowest BCUT2D eigenvalue weighted by atomic mass is 10.2. The number of hydrogen-bond acceptors (Lipinski definition) is 4. The van der Waals surface area contributed by atoms with E-state index in [0.717, 1.165) is 20.9 Å². The van der Waals surface area contributed by atoms with Crippen molar-refractivity contribution >= 4 is 44.4 Å². The molecule has 2 aromatic carbocycles. The molecule has 1 heterocycles. The van der Waals surface area contributed by atoms with E-state index in [4.69, 9.17) is 9.47 Å². The fourth-order valence-electron chi connectivity index (χ4n) is 2.47. The van der Waals surface area contributed by atoms with Gasteiger partial charge in [0.2, 0.25) is 0 Å². The van der Waals surface area contributed by atoms with Gasteiger partial charge in [-0.05, 0) is 48.9 Å². The standard InChI is InChI=1S/C19H17BrN2O4/c1-11-7-13(4-6-15(11)20)21-18(23)10-26-19(24)17-8-12-3-5-14(25-2)9-16(12)22-17/h3-9,22H,10H2,1-2H3,(H,21,23). The van der Waals surface area contributed by atoms with Gasteiger partial charge in [-0.1, -0.05) is 15.9 Å². The highest BCUT2D eigenvalue weighted by atomic mass is 79.9. The van der Waals surface area contributed by atoms with Crippen molar-refractivity contribution in [2.75, 3.05) is 19.0 Å². The number of methoxy groups -OCH3 is 1. The molecule has 0 aliphatic carbocycles. The Labute approximate surface area is 158 Å². The summed E-state index contributed by atoms with van der Waals surface area (Å²) in [5.74, 6) is -0.316. The van der Waals surface area contributed by atoms with E-state index >= 15 is 0 Å². The molecule has 134 valence electrons. The van der Waals surface area contributed by atoms with Crippen LogP contribution in [0.15, 0.2) is 46.9 Å². The summed E-state index contributed by atoms with van der Waals surface area (Å²) in [5, 5.41) is 3.55. The van der Waals surface area contributed by atoms with Crippen molar-refractivity contribution in [3.05, 3.63) is 58.2 Å². The molecule has 1 aromatic heterocycles. The first kappa shape index (κ1) is 18.0. The van der Waals surface area contributed by atoms with E-state index in [1.807, 2.05) is 25.1 Å². The predicted octanol–water partition coefficient (Wildman–Crippen LogP) is 4.04. The highest BCUT2D eigenvalue weighted by Crippen LogP contribution is 2.22. The molecular formula is C19H17BrN2O4. The topological polar surface area (TPSA) is 80.4 Å². The van der Waals surface area contributed by atoms with Crippen LogP contribution in [0, 0.1) is 6.92 Å². The van der Waals surface area contributed by atoms with E-state index in [0.29, 0.717) is 11.4 Å². The third-order valence-electron chi connectivity index (χ3n) is 3.83. The molecule has 0 aliphatic rings. The lowest BCUT2D eigenvalue weighted by Crippen LogP contribution is -2.21. The van der Waals surface area contributed by atoms with Crippen molar-refractivity contribution < 1.29 is 19.1 Å². The molecule has 0 saturated carbocycles. The van der Waals surface area contributed by atoms with Gasteiger partial charge >= 0.3 is 5.97 Å². The number of aryl methyl sites for hydroxylation is 1. The van der Waals surface area contributed by atoms with Crippen LogP contribution in [0.3, 0.4) is 0 Å². The van der Waals surface area contributed by atoms with Gasteiger partial charge in [-0.15, -0.1) is 0 Å². The second kappa shape index (κ2) is 7.61. The molecular weight excluding hydrogens is 400 g/mol. The number of benzene rings is 2. The number of carbonyl (C=O) groups excluding carboxylic acids is 2. The number of esters is 1. The minimum absolute atomic E-state index is 0.278. The van der Waals surface area contributed by atoms with Gasteiger partial charge in [0.15, 0.2) is 6.61 Å². The minimum Gasteiger partial charge on any atom is -0.497 e. The Morgan fingerprint density at radius 2 is 1.96 bits per heavy atom. The molecule has 0 atom stereocenters. The summed E-state index contributed by atoms with van der Waals surface area (Å²) in [5.41, 5.74) is 2.67. The van der Waals surface area contributed by atoms with E-state index in [1.165, 1.54) is 0 Å². The number of aromatic amines is 1. The summed E-state index contributed by atoms with van der Waals surface area (Å²) in [6.07, 6.45) is 0. The number of fused-ring (bicyclic) bond motifs is 1. The van der Waals surface area contributed by atoms with Gasteiger partial charge in [0, 0.05) is 27.1 Å². The van der Waals surface area contributed by atoms with Gasteiger partial charge in [0.1, 0.15) is 11.4 Å². The van der Waals surface area contributed by atoms with Crippen molar-refractivity contribution in [3.63, 3.8) is 0 Å². The molecule has 0 unspecified atom stereocenters. The van der Waals surface area contributed by atoms with E-state index < -0.39 is 11.9 Å². The molecule has 0 saturated heterocycles. The van der Waals surface area contributed by atoms with Gasteiger partial charge < -0.3 is 19.8 Å². The third-order valence-corrected chi connectivity index (χ3v) is 4.72. The number of hydrogen-bond donors (Lipinski definition) is 2. The number of ether oxygens (including phenoxy) is 2. The van der Waals surface area contributed by atoms with Crippen LogP contribution in [-0.2, 0) is 9.53 Å². The largest absolute Gasteiger partial charge is 0.497 e. The Morgan fingerprint density at radius 1 is 1.15 bits per heavy atom. The molecule has 3 rings (SSSR count). The molecule has 2 N–H and O–H groups in total. The summed E-state index contributed by atoms with van der Waals surface area (Å²) in [7, 11) is 1.57. The van der Waals surface area contributed by atoms with Crippen LogP contribution < -0.4 is 10.1 Å². The summed E-state index contributed by atoms with van der Waals surface area (Å²) in [6.45, 7) is 1.55. The van der Waals surface area contributed by atoms with Crippen molar-refractivity contribution in [3.8, 4) is 5.75 Å². The predicted molar refractivity (Wildman–Crippen MR) is 103 cm³/mol. The van der Waals surface area contributed by atoms with E-state index in [2.05, 4.69) is 26.2 Å². The second-order valence-electron chi connectivity index (χ2n) is 5.72. The van der Waals surface area contributed by atoms with E-state index in [9.17, 15) is 9.59 Å². The monoisotopic (exact) mass is 416 g/mol. The molecule has 6 nitrogen and oxygen atoms in total. The SMILES string of the molecule is COc1ccc2cc(C(=O)OCC(=O)Nc3ccc(Br)c(C)c3)[nH]c2c1. The fourth-order valence-corrected chi connectivity index (χ4v) is 2.72. The molecule has 0 aliphatic heterocycles. The van der Waals surface area contributed by atoms with Crippen molar-refractivity contribution in [2.24, 2.45) is 0 Å². The zero-order valence-corrected chi connectivity index (χ0v) is 15.8. The van der Waals surface area contributed by atoms with Gasteiger partial charge in [-0.3, -0.25) is 4.79 Å². The Balaban J connectivity index is 1.61. The number of amides is 1. The number of carbonyl (C=O) groups is 2. The average molecular weight is 417 g/mol. The van der Waals surface area contributed by atoms with Crippen LogP contribution in [0.5, 0.6) is 5.75 Å². The lowest BCUT2D eigenvalue weighted by molar-refractivity contribution is -0.119. The maximum atomic E-state index is 12.2. The van der Waals surface area contributed by atoms with Crippen molar-refractivity contribution in [2.45, 2.75) is 6.92 Å². The highest BCUT2D eigenvalue weighted by Gasteiger charge is 2.14. The first-order chi connectivity index (χ1) is 12.5. The normalized spacial score (nSPS) is 10.6. The molecule has 26 heavy (non-hydrogen) atoms. The zero-order valence-electron chi connectivity index (χ0n) is 14.3. The van der Waals surface area contributed by atoms with Gasteiger partial charge in [-0.25, -0.2) is 4.79 Å². The van der Waals surface area contributed by atoms with Crippen LogP contribution >= 0.6 is 15.9 Å². The quantitative estimate of drug-likeness (QED) is 0.614. The minimum atomic E-state index is -0.595. The summed E-state index contributed by atoms with van der Waals surface area (Å²) in [6, 6.07) is 12.5. The Bertz CT molecular complexity index is 981. The Kier molecular flexibility index (Phi) is 5.27. The number of H-pyrrole nitrogens is 1. The van der Waals surface area contributed by atoms with Crippen LogP contribution in [0.4, 0.5) is 5.69 Å². The van der Waals surface area contributed by atoms with Crippen molar-refractivity contribution in [1.82, 2.24) is 4.98 Å². The average Bonchev–Trinajstić information content (AvgIpc) is 3.06. The number of rotatable bonds is 5. The highest BCUT2D eigenvalue weighted by molar-refractivity contribution is 9.10. The zero-order chi connectivity index (χ0) is 18.7. The Hall–Kier alpha value is -2.80. The first-order valence-corrected chi connectivity index (χ1v) is 8.65. The number of anilines is 1. The maximum absolute atomic E-state index is 12.2. The molecule has 0 radical (unpaired) electrons. The molecule has 0 spiro atoms. The van der Waals surface area contributed by atoms with E-state index in [-0.39, 0.29) is 12.3 Å². The van der Waals surface area contributed by atoms with Crippen LogP contribution in [0.1, 0.15) is 16.1 Å².